The van der Waals surface area contributed by atoms with Crippen molar-refractivity contribution >= 4 is 34.4 Å². The van der Waals surface area contributed by atoms with Crippen molar-refractivity contribution in [2.75, 3.05) is 0 Å². The van der Waals surface area contributed by atoms with Crippen molar-refractivity contribution in [2.45, 2.75) is 4.90 Å². The van der Waals surface area contributed by atoms with Crippen molar-refractivity contribution in [3.63, 3.8) is 0 Å². The predicted molar refractivity (Wildman–Crippen MR) is 76.9 cm³/mol. The van der Waals surface area contributed by atoms with E-state index in [9.17, 15) is 8.42 Å². The maximum Gasteiger partial charge on any atom is 0.269 e. The lowest BCUT2D eigenvalue weighted by molar-refractivity contribution is 0.589. The van der Waals surface area contributed by atoms with Gasteiger partial charge in [0.2, 0.25) is 0 Å². The molecule has 4 nitrogen and oxygen atoms in total. The van der Waals surface area contributed by atoms with Gasteiger partial charge in [-0.2, -0.15) is 0 Å². The lowest BCUT2D eigenvalue weighted by atomic mass is 9.95. The molecule has 0 N–H and O–H groups in total. The average molecular weight is 270 g/mol. The molecular weight excluding hydrogens is 259 g/mol. The first-order valence-corrected chi connectivity index (χ1v) is 7.28. The number of aromatic nitrogens is 2. The number of pyridine rings is 1. The Morgan fingerprint density at radius 3 is 2.53 bits per heavy atom. The highest BCUT2D eigenvalue weighted by atomic mass is 32.2. The minimum atomic E-state index is -3.58. The van der Waals surface area contributed by atoms with E-state index in [1.165, 1.54) is 3.97 Å². The standard InChI is InChI=1S/C13H11BN2O2S/c14-12-6-8-15-13-11(12)7-9-16(13)19(17,18)10-4-2-1-3-5-10/h1-9H,14H2. The van der Waals surface area contributed by atoms with Gasteiger partial charge in [-0.15, -0.1) is 0 Å². The molecule has 0 spiro atoms. The van der Waals surface area contributed by atoms with Gasteiger partial charge in [0.25, 0.3) is 10.0 Å². The Hall–Kier alpha value is -2.08. The van der Waals surface area contributed by atoms with Crippen LogP contribution in [0.4, 0.5) is 0 Å². The molecule has 0 aliphatic rings. The maximum absolute atomic E-state index is 12.5. The molecule has 0 atom stereocenters. The summed E-state index contributed by atoms with van der Waals surface area (Å²) in [5.41, 5.74) is 1.47. The largest absolute Gasteiger partial charge is 0.269 e. The van der Waals surface area contributed by atoms with E-state index in [0.29, 0.717) is 5.65 Å². The SMILES string of the molecule is Bc1ccnc2c1ccn2S(=O)(=O)c1ccccc1. The van der Waals surface area contributed by atoms with Gasteiger partial charge in [0, 0.05) is 17.8 Å². The molecule has 0 amide bonds. The summed E-state index contributed by atoms with van der Waals surface area (Å²) in [6, 6.07) is 12.0. The van der Waals surface area contributed by atoms with Crippen molar-refractivity contribution in [1.82, 2.24) is 8.96 Å². The average Bonchev–Trinajstić information content (AvgIpc) is 2.86. The molecule has 3 aromatic rings. The van der Waals surface area contributed by atoms with Crippen LogP contribution in [-0.2, 0) is 10.0 Å². The van der Waals surface area contributed by atoms with Gasteiger partial charge < -0.3 is 0 Å². The van der Waals surface area contributed by atoms with E-state index in [1.807, 2.05) is 13.9 Å². The lowest BCUT2D eigenvalue weighted by Gasteiger charge is -2.06. The van der Waals surface area contributed by atoms with E-state index in [1.54, 1.807) is 48.8 Å². The zero-order chi connectivity index (χ0) is 13.5. The Balaban J connectivity index is 2.29. The highest BCUT2D eigenvalue weighted by molar-refractivity contribution is 7.90. The number of fused-ring (bicyclic) bond motifs is 1. The van der Waals surface area contributed by atoms with E-state index in [2.05, 4.69) is 4.98 Å². The highest BCUT2D eigenvalue weighted by Crippen LogP contribution is 2.19. The van der Waals surface area contributed by atoms with Crippen molar-refractivity contribution in [1.29, 1.82) is 0 Å². The third kappa shape index (κ3) is 1.84. The second-order valence-corrected chi connectivity index (χ2v) is 6.11. The van der Waals surface area contributed by atoms with Crippen LogP contribution in [0.5, 0.6) is 0 Å². The van der Waals surface area contributed by atoms with E-state index in [0.717, 1.165) is 10.8 Å². The van der Waals surface area contributed by atoms with Crippen LogP contribution in [-0.4, -0.2) is 25.2 Å². The van der Waals surface area contributed by atoms with Gasteiger partial charge in [-0.05, 0) is 24.3 Å². The molecule has 0 saturated heterocycles. The summed E-state index contributed by atoms with van der Waals surface area (Å²) >= 11 is 0. The molecule has 0 aliphatic carbocycles. The Kier molecular flexibility index (Phi) is 2.67. The zero-order valence-corrected chi connectivity index (χ0v) is 11.1. The van der Waals surface area contributed by atoms with Gasteiger partial charge >= 0.3 is 0 Å². The summed E-state index contributed by atoms with van der Waals surface area (Å²) < 4.78 is 26.3. The fourth-order valence-electron chi connectivity index (χ4n) is 2.05. The van der Waals surface area contributed by atoms with E-state index in [-0.39, 0.29) is 4.90 Å². The van der Waals surface area contributed by atoms with Crippen LogP contribution in [0.25, 0.3) is 11.0 Å². The number of rotatable bonds is 2. The van der Waals surface area contributed by atoms with Crippen molar-refractivity contribution in [3.05, 3.63) is 54.9 Å². The molecule has 94 valence electrons. The first-order chi connectivity index (χ1) is 9.10. The molecule has 3 rings (SSSR count). The van der Waals surface area contributed by atoms with Crippen molar-refractivity contribution < 1.29 is 8.42 Å². The summed E-state index contributed by atoms with van der Waals surface area (Å²) in [5, 5.41) is 0.849. The quantitative estimate of drug-likeness (QED) is 0.638. The summed E-state index contributed by atoms with van der Waals surface area (Å²) in [4.78, 5) is 4.44. The first kappa shape index (κ1) is 12.0. The summed E-state index contributed by atoms with van der Waals surface area (Å²) in [7, 11) is -1.65. The van der Waals surface area contributed by atoms with Crippen LogP contribution in [0.15, 0.2) is 59.8 Å². The number of nitrogens with zero attached hydrogens (tertiary/aromatic N) is 2. The Morgan fingerprint density at radius 2 is 1.79 bits per heavy atom. The normalized spacial score (nSPS) is 11.8. The number of hydrogen-bond acceptors (Lipinski definition) is 3. The lowest BCUT2D eigenvalue weighted by Crippen LogP contribution is -2.13. The smallest absolute Gasteiger partial charge is 0.237 e. The Labute approximate surface area is 112 Å². The minimum Gasteiger partial charge on any atom is -0.237 e. The van der Waals surface area contributed by atoms with E-state index < -0.39 is 10.0 Å². The van der Waals surface area contributed by atoms with Crippen molar-refractivity contribution in [2.24, 2.45) is 0 Å². The molecule has 19 heavy (non-hydrogen) atoms. The Bertz CT molecular complexity index is 841. The molecule has 0 radical (unpaired) electrons. The van der Waals surface area contributed by atoms with Gasteiger partial charge in [0.1, 0.15) is 7.85 Å². The molecule has 2 aromatic heterocycles. The summed E-state index contributed by atoms with van der Waals surface area (Å²) in [6.45, 7) is 0. The van der Waals surface area contributed by atoms with Crippen LogP contribution in [0.1, 0.15) is 0 Å². The topological polar surface area (TPSA) is 52.0 Å². The van der Waals surface area contributed by atoms with Gasteiger partial charge in [-0.1, -0.05) is 23.7 Å². The van der Waals surface area contributed by atoms with Gasteiger partial charge in [-0.3, -0.25) is 0 Å². The summed E-state index contributed by atoms with van der Waals surface area (Å²) in [5.74, 6) is 0. The van der Waals surface area contributed by atoms with Crippen LogP contribution in [0, 0.1) is 0 Å². The maximum atomic E-state index is 12.5. The molecule has 2 heterocycles. The second-order valence-electron chi connectivity index (χ2n) is 4.29. The van der Waals surface area contributed by atoms with Crippen LogP contribution < -0.4 is 5.46 Å². The monoisotopic (exact) mass is 270 g/mol. The molecule has 1 aromatic carbocycles. The number of benzene rings is 1. The Morgan fingerprint density at radius 1 is 1.05 bits per heavy atom. The van der Waals surface area contributed by atoms with Crippen LogP contribution >= 0.6 is 0 Å². The molecule has 0 saturated carbocycles. The van der Waals surface area contributed by atoms with Crippen LogP contribution in [0.3, 0.4) is 0 Å². The molecule has 6 heteroatoms. The molecule has 0 bridgehead atoms. The minimum absolute atomic E-state index is 0.260. The zero-order valence-electron chi connectivity index (χ0n) is 10.3. The van der Waals surface area contributed by atoms with E-state index >= 15 is 0 Å². The third-order valence-electron chi connectivity index (χ3n) is 3.07. The molecule has 0 unspecified atom stereocenters. The van der Waals surface area contributed by atoms with Gasteiger partial charge in [0.15, 0.2) is 5.65 Å². The van der Waals surface area contributed by atoms with Gasteiger partial charge in [-0.25, -0.2) is 17.4 Å². The molecular formula is C13H11BN2O2S. The fourth-order valence-corrected chi connectivity index (χ4v) is 3.37. The van der Waals surface area contributed by atoms with Crippen molar-refractivity contribution in [3.8, 4) is 0 Å². The first-order valence-electron chi connectivity index (χ1n) is 5.84. The van der Waals surface area contributed by atoms with Gasteiger partial charge in [0.05, 0.1) is 4.90 Å². The molecule has 0 fully saturated rings. The highest BCUT2D eigenvalue weighted by Gasteiger charge is 2.19. The summed E-state index contributed by atoms with van der Waals surface area (Å²) in [6.07, 6.45) is 3.17. The number of hydrogen-bond donors (Lipinski definition) is 0. The fraction of sp³-hybridized carbons (Fsp3) is 0. The van der Waals surface area contributed by atoms with E-state index in [4.69, 9.17) is 0 Å². The predicted octanol–water partition coefficient (Wildman–Crippen LogP) is 0.532. The third-order valence-corrected chi connectivity index (χ3v) is 4.75. The second kappa shape index (κ2) is 4.24. The molecule has 0 aliphatic heterocycles. The van der Waals surface area contributed by atoms with Crippen LogP contribution in [0.2, 0.25) is 0 Å².